The van der Waals surface area contributed by atoms with Crippen LogP contribution in [0.3, 0.4) is 0 Å². The van der Waals surface area contributed by atoms with Crippen molar-refractivity contribution in [2.45, 2.75) is 17.6 Å². The molecule has 14 heavy (non-hydrogen) atoms. The predicted octanol–water partition coefficient (Wildman–Crippen LogP) is 2.37. The van der Waals surface area contributed by atoms with Crippen molar-refractivity contribution in [1.82, 2.24) is 0 Å². The smallest absolute Gasteiger partial charge is 0.157 e. The van der Waals surface area contributed by atoms with Crippen LogP contribution >= 0.6 is 11.6 Å². The third-order valence-electron chi connectivity index (χ3n) is 2.78. The zero-order chi connectivity index (χ0) is 10.4. The highest BCUT2D eigenvalue weighted by atomic mass is 35.5. The van der Waals surface area contributed by atoms with Gasteiger partial charge >= 0.3 is 0 Å². The van der Waals surface area contributed by atoms with Crippen LogP contribution < -0.4 is 0 Å². The van der Waals surface area contributed by atoms with Gasteiger partial charge in [-0.1, -0.05) is 23.7 Å². The molecule has 0 spiro atoms. The molecule has 1 saturated carbocycles. The van der Waals surface area contributed by atoms with Gasteiger partial charge in [0.25, 0.3) is 0 Å². The molecule has 0 saturated heterocycles. The zero-order valence-electron chi connectivity index (χ0n) is 7.83. The SMILES string of the molecule is CS(=O)(=O)C1(c2ccc(Cl)cc2)CC1. The minimum atomic E-state index is -3.00. The maximum Gasteiger partial charge on any atom is 0.157 e. The van der Waals surface area contributed by atoms with Crippen molar-refractivity contribution in [3.05, 3.63) is 34.9 Å². The summed E-state index contributed by atoms with van der Waals surface area (Å²) in [6.45, 7) is 0. The van der Waals surface area contributed by atoms with Gasteiger partial charge in [-0.05, 0) is 30.5 Å². The van der Waals surface area contributed by atoms with E-state index in [-0.39, 0.29) is 0 Å². The number of benzene rings is 1. The Morgan fingerprint density at radius 3 is 2.07 bits per heavy atom. The number of hydrogen-bond acceptors (Lipinski definition) is 2. The van der Waals surface area contributed by atoms with E-state index in [0.717, 1.165) is 18.4 Å². The second-order valence-corrected chi connectivity index (χ2v) is 6.54. The summed E-state index contributed by atoms with van der Waals surface area (Å²) < 4.78 is 22.5. The molecular weight excluding hydrogens is 220 g/mol. The van der Waals surface area contributed by atoms with E-state index in [0.29, 0.717) is 5.02 Å². The molecule has 76 valence electrons. The van der Waals surface area contributed by atoms with Gasteiger partial charge in [0.15, 0.2) is 9.84 Å². The van der Waals surface area contributed by atoms with Crippen LogP contribution in [0.15, 0.2) is 24.3 Å². The number of sulfone groups is 1. The van der Waals surface area contributed by atoms with Crippen molar-refractivity contribution in [3.63, 3.8) is 0 Å². The van der Waals surface area contributed by atoms with E-state index < -0.39 is 14.6 Å². The Kier molecular flexibility index (Phi) is 2.12. The van der Waals surface area contributed by atoms with E-state index in [1.165, 1.54) is 6.26 Å². The molecular formula is C10H11ClO2S. The first-order chi connectivity index (χ1) is 6.46. The third-order valence-corrected chi connectivity index (χ3v) is 5.10. The first-order valence-electron chi connectivity index (χ1n) is 4.41. The number of hydrogen-bond donors (Lipinski definition) is 0. The molecule has 0 aliphatic heterocycles. The predicted molar refractivity (Wildman–Crippen MR) is 57.2 cm³/mol. The van der Waals surface area contributed by atoms with Crippen LogP contribution in [0.4, 0.5) is 0 Å². The normalized spacial score (nSPS) is 19.3. The van der Waals surface area contributed by atoms with E-state index in [9.17, 15) is 8.42 Å². The first kappa shape index (κ1) is 9.99. The van der Waals surface area contributed by atoms with Crippen molar-refractivity contribution in [1.29, 1.82) is 0 Å². The largest absolute Gasteiger partial charge is 0.228 e. The van der Waals surface area contributed by atoms with Gasteiger partial charge in [0.2, 0.25) is 0 Å². The van der Waals surface area contributed by atoms with Gasteiger partial charge in [-0.15, -0.1) is 0 Å². The van der Waals surface area contributed by atoms with E-state index >= 15 is 0 Å². The number of halogens is 1. The molecule has 0 heterocycles. The van der Waals surface area contributed by atoms with Gasteiger partial charge in [-0.2, -0.15) is 0 Å². The molecule has 0 N–H and O–H groups in total. The monoisotopic (exact) mass is 230 g/mol. The fourth-order valence-electron chi connectivity index (χ4n) is 1.74. The fourth-order valence-corrected chi connectivity index (χ4v) is 3.27. The molecule has 4 heteroatoms. The Labute approximate surface area is 88.8 Å². The van der Waals surface area contributed by atoms with E-state index in [1.807, 2.05) is 0 Å². The van der Waals surface area contributed by atoms with Gasteiger partial charge in [-0.3, -0.25) is 0 Å². The van der Waals surface area contributed by atoms with Gasteiger partial charge in [-0.25, -0.2) is 8.42 Å². The summed E-state index contributed by atoms with van der Waals surface area (Å²) in [5.74, 6) is 0. The summed E-state index contributed by atoms with van der Waals surface area (Å²) >= 11 is 5.75. The third kappa shape index (κ3) is 1.44. The zero-order valence-corrected chi connectivity index (χ0v) is 9.40. The Morgan fingerprint density at radius 1 is 1.21 bits per heavy atom. The lowest BCUT2D eigenvalue weighted by Crippen LogP contribution is -2.18. The molecule has 1 fully saturated rings. The molecule has 0 atom stereocenters. The average Bonchev–Trinajstić information content (AvgIpc) is 2.84. The van der Waals surface area contributed by atoms with Crippen LogP contribution in [0.5, 0.6) is 0 Å². The maximum atomic E-state index is 11.6. The summed E-state index contributed by atoms with van der Waals surface area (Å²) in [6.07, 6.45) is 2.76. The maximum absolute atomic E-state index is 11.6. The second kappa shape index (κ2) is 2.97. The molecule has 0 radical (unpaired) electrons. The van der Waals surface area contributed by atoms with Crippen LogP contribution in [0.25, 0.3) is 0 Å². The van der Waals surface area contributed by atoms with Crippen molar-refractivity contribution in [2.75, 3.05) is 6.26 Å². The van der Waals surface area contributed by atoms with Crippen molar-refractivity contribution in [3.8, 4) is 0 Å². The van der Waals surface area contributed by atoms with Crippen molar-refractivity contribution in [2.24, 2.45) is 0 Å². The van der Waals surface area contributed by atoms with Gasteiger partial charge in [0.05, 0.1) is 4.75 Å². The molecule has 1 aliphatic carbocycles. The van der Waals surface area contributed by atoms with E-state index in [2.05, 4.69) is 0 Å². The quantitative estimate of drug-likeness (QED) is 0.782. The lowest BCUT2D eigenvalue weighted by atomic mass is 10.1. The van der Waals surface area contributed by atoms with Crippen molar-refractivity contribution >= 4 is 21.4 Å². The topological polar surface area (TPSA) is 34.1 Å². The molecule has 0 amide bonds. The second-order valence-electron chi connectivity index (χ2n) is 3.77. The van der Waals surface area contributed by atoms with E-state index in [4.69, 9.17) is 11.6 Å². The Morgan fingerprint density at radius 2 is 1.71 bits per heavy atom. The highest BCUT2D eigenvalue weighted by Gasteiger charge is 2.53. The summed E-state index contributed by atoms with van der Waals surface area (Å²) in [5, 5.41) is 0.637. The first-order valence-corrected chi connectivity index (χ1v) is 6.68. The minimum Gasteiger partial charge on any atom is -0.228 e. The Balaban J connectivity index is 2.46. The number of rotatable bonds is 2. The molecule has 1 aromatic carbocycles. The van der Waals surface area contributed by atoms with Crippen LogP contribution in [0.2, 0.25) is 5.02 Å². The highest BCUT2D eigenvalue weighted by molar-refractivity contribution is 7.92. The molecule has 0 bridgehead atoms. The standard InChI is InChI=1S/C10H11ClO2S/c1-14(12,13)10(6-7-10)8-2-4-9(11)5-3-8/h2-5H,6-7H2,1H3. The van der Waals surface area contributed by atoms with Crippen LogP contribution in [-0.4, -0.2) is 14.7 Å². The average molecular weight is 231 g/mol. The lowest BCUT2D eigenvalue weighted by Gasteiger charge is -2.13. The van der Waals surface area contributed by atoms with Gasteiger partial charge < -0.3 is 0 Å². The van der Waals surface area contributed by atoms with E-state index in [1.54, 1.807) is 24.3 Å². The molecule has 0 aromatic heterocycles. The molecule has 1 aliphatic rings. The molecule has 0 unspecified atom stereocenters. The van der Waals surface area contributed by atoms with Gasteiger partial charge in [0.1, 0.15) is 0 Å². The van der Waals surface area contributed by atoms with Crippen LogP contribution in [-0.2, 0) is 14.6 Å². The summed E-state index contributed by atoms with van der Waals surface area (Å²) in [7, 11) is -3.00. The summed E-state index contributed by atoms with van der Waals surface area (Å²) in [6, 6.07) is 7.08. The van der Waals surface area contributed by atoms with Crippen LogP contribution in [0.1, 0.15) is 18.4 Å². The van der Waals surface area contributed by atoms with Crippen LogP contribution in [0, 0.1) is 0 Å². The van der Waals surface area contributed by atoms with Gasteiger partial charge in [0, 0.05) is 11.3 Å². The minimum absolute atomic E-state index is 0.614. The summed E-state index contributed by atoms with van der Waals surface area (Å²) in [5.41, 5.74) is 0.865. The molecule has 2 rings (SSSR count). The van der Waals surface area contributed by atoms with Crippen molar-refractivity contribution < 1.29 is 8.42 Å². The molecule has 1 aromatic rings. The lowest BCUT2D eigenvalue weighted by molar-refractivity contribution is 0.586. The Hall–Kier alpha value is -0.540. The molecule has 2 nitrogen and oxygen atoms in total. The highest BCUT2D eigenvalue weighted by Crippen LogP contribution is 2.52. The summed E-state index contributed by atoms with van der Waals surface area (Å²) in [4.78, 5) is 0. The Bertz CT molecular complexity index is 444. The fraction of sp³-hybridized carbons (Fsp3) is 0.400.